The maximum Gasteiger partial charge on any atom is 0.220 e. The summed E-state index contributed by atoms with van der Waals surface area (Å²) in [6, 6.07) is -0.936. The van der Waals surface area contributed by atoms with Gasteiger partial charge in [-0.3, -0.25) is 4.79 Å². The second kappa shape index (κ2) is 47.0. The van der Waals surface area contributed by atoms with Gasteiger partial charge >= 0.3 is 0 Å². The molecule has 2 heterocycles. The fraction of sp³-hybridized carbons (Fsp3) is 0.635. The van der Waals surface area contributed by atoms with Gasteiger partial charge in [0.2, 0.25) is 5.91 Å². The average molecular weight is 1080 g/mol. The van der Waals surface area contributed by atoms with E-state index in [1.165, 1.54) is 19.3 Å². The number of allylic oxidation sites excluding steroid dienone is 21. The van der Waals surface area contributed by atoms with Crippen molar-refractivity contribution in [1.29, 1.82) is 0 Å². The predicted molar refractivity (Wildman–Crippen MR) is 308 cm³/mol. The molecule has 0 saturated carbocycles. The van der Waals surface area contributed by atoms with E-state index in [2.05, 4.69) is 141 Å². The van der Waals surface area contributed by atoms with Gasteiger partial charge in [-0.15, -0.1) is 0 Å². The minimum absolute atomic E-state index is 0.241. The Morgan fingerprint density at radius 1 is 0.481 bits per heavy atom. The summed E-state index contributed by atoms with van der Waals surface area (Å²) < 4.78 is 22.6. The molecular formula is C63H101NO13. The van der Waals surface area contributed by atoms with E-state index in [4.69, 9.17) is 18.9 Å². The summed E-state index contributed by atoms with van der Waals surface area (Å²) in [4.78, 5) is 13.2. The minimum Gasteiger partial charge on any atom is -0.394 e. The normalized spacial score (nSPS) is 25.7. The van der Waals surface area contributed by atoms with Gasteiger partial charge in [0.15, 0.2) is 12.6 Å². The van der Waals surface area contributed by atoms with E-state index < -0.39 is 86.8 Å². The third-order valence-electron chi connectivity index (χ3n) is 13.1. The Labute approximate surface area is 462 Å². The molecule has 14 heteroatoms. The number of hydrogen-bond acceptors (Lipinski definition) is 13. The van der Waals surface area contributed by atoms with Crippen LogP contribution in [0.1, 0.15) is 162 Å². The zero-order valence-electron chi connectivity index (χ0n) is 46.6. The van der Waals surface area contributed by atoms with Gasteiger partial charge in [0.1, 0.15) is 48.8 Å². The van der Waals surface area contributed by atoms with Crippen LogP contribution in [0.2, 0.25) is 0 Å². The molecule has 9 N–H and O–H groups in total. The van der Waals surface area contributed by atoms with Crippen LogP contribution >= 0.6 is 0 Å². The van der Waals surface area contributed by atoms with Crippen LogP contribution in [0.25, 0.3) is 0 Å². The summed E-state index contributed by atoms with van der Waals surface area (Å²) in [7, 11) is 0. The Bertz CT molecular complexity index is 1800. The first-order chi connectivity index (χ1) is 37.6. The van der Waals surface area contributed by atoms with Crippen LogP contribution in [-0.2, 0) is 23.7 Å². The van der Waals surface area contributed by atoms with Gasteiger partial charge in [-0.1, -0.05) is 192 Å². The largest absolute Gasteiger partial charge is 0.394 e. The van der Waals surface area contributed by atoms with Crippen molar-refractivity contribution in [3.05, 3.63) is 134 Å². The maximum absolute atomic E-state index is 13.2. The van der Waals surface area contributed by atoms with E-state index in [-0.39, 0.29) is 18.9 Å². The van der Waals surface area contributed by atoms with Crippen molar-refractivity contribution < 1.29 is 64.6 Å². The summed E-state index contributed by atoms with van der Waals surface area (Å²) in [5.41, 5.74) is 0. The van der Waals surface area contributed by atoms with Crippen molar-refractivity contribution in [2.45, 2.75) is 235 Å². The smallest absolute Gasteiger partial charge is 0.220 e. The van der Waals surface area contributed by atoms with Crippen LogP contribution in [-0.4, -0.2) is 140 Å². The van der Waals surface area contributed by atoms with Crippen LogP contribution in [0.4, 0.5) is 0 Å². The fourth-order valence-corrected chi connectivity index (χ4v) is 8.43. The zero-order chi connectivity index (χ0) is 56.0. The Morgan fingerprint density at radius 2 is 0.896 bits per heavy atom. The lowest BCUT2D eigenvalue weighted by atomic mass is 9.97. The third kappa shape index (κ3) is 32.7. The molecule has 0 aromatic rings. The van der Waals surface area contributed by atoms with Gasteiger partial charge in [0.05, 0.1) is 32.0 Å². The highest BCUT2D eigenvalue weighted by Crippen LogP contribution is 2.30. The molecule has 2 aliphatic rings. The average Bonchev–Trinajstić information content (AvgIpc) is 3.44. The standard InChI is InChI=1S/C63H101NO13/c1-3-5-7-9-11-13-14-15-16-17-18-19-20-21-22-23-24-25-26-27-28-29-30-31-32-33-34-35-36-37-38-39-41-43-45-47-55(68)64-51(52(67)46-44-42-40-12-10-8-6-4-2)50-74-62-60(73)58(71)61(54(49-66)76-62)77-63-59(72)57(70)56(69)53(48-65)75-63/h5,7,11,13,15-16,18-19,21-22,24-25,27-28,30-31,33-34,36-37,44,46,51-54,56-63,65-67,69-73H,3-4,6,8-10,12,14,17,20,23,26,29,32,35,38-43,45,47-50H2,1-2H3,(H,64,68)/b7-5-,13-11-,16-15-,19-18-,22-21-,25-24-,28-27-,31-30-,34-33-,37-36-,46-44+. The highest BCUT2D eigenvalue weighted by molar-refractivity contribution is 5.76. The number of rotatable bonds is 43. The lowest BCUT2D eigenvalue weighted by molar-refractivity contribution is -0.359. The first-order valence-electron chi connectivity index (χ1n) is 28.9. The van der Waals surface area contributed by atoms with Crippen LogP contribution in [0.15, 0.2) is 134 Å². The predicted octanol–water partition coefficient (Wildman–Crippen LogP) is 9.60. The number of hydrogen-bond donors (Lipinski definition) is 9. The van der Waals surface area contributed by atoms with Crippen molar-refractivity contribution in [2.24, 2.45) is 0 Å². The van der Waals surface area contributed by atoms with E-state index in [9.17, 15) is 45.6 Å². The van der Waals surface area contributed by atoms with E-state index in [1.54, 1.807) is 6.08 Å². The summed E-state index contributed by atoms with van der Waals surface area (Å²) in [5, 5.41) is 86.6. The number of carbonyl (C=O) groups excluding carboxylic acids is 1. The maximum atomic E-state index is 13.2. The van der Waals surface area contributed by atoms with E-state index >= 15 is 0 Å². The Morgan fingerprint density at radius 3 is 1.38 bits per heavy atom. The highest BCUT2D eigenvalue weighted by Gasteiger charge is 2.51. The summed E-state index contributed by atoms with van der Waals surface area (Å²) in [6.45, 7) is 2.57. The Balaban J connectivity index is 1.66. The monoisotopic (exact) mass is 1080 g/mol. The van der Waals surface area contributed by atoms with Gasteiger partial charge in [0, 0.05) is 6.42 Å². The summed E-state index contributed by atoms with van der Waals surface area (Å²) >= 11 is 0. The zero-order valence-corrected chi connectivity index (χ0v) is 46.6. The summed E-state index contributed by atoms with van der Waals surface area (Å²) in [5.74, 6) is -0.275. The number of ether oxygens (including phenoxy) is 4. The first kappa shape index (κ1) is 69.2. The molecule has 2 fully saturated rings. The van der Waals surface area contributed by atoms with Crippen LogP contribution < -0.4 is 5.32 Å². The molecule has 0 spiro atoms. The van der Waals surface area contributed by atoms with Gasteiger partial charge in [0.25, 0.3) is 0 Å². The molecule has 0 radical (unpaired) electrons. The van der Waals surface area contributed by atoms with Crippen molar-refractivity contribution in [3.63, 3.8) is 0 Å². The van der Waals surface area contributed by atoms with Gasteiger partial charge in [-0.25, -0.2) is 0 Å². The third-order valence-corrected chi connectivity index (χ3v) is 13.1. The number of nitrogens with one attached hydrogen (secondary N) is 1. The fourth-order valence-electron chi connectivity index (χ4n) is 8.43. The van der Waals surface area contributed by atoms with E-state index in [0.717, 1.165) is 116 Å². The molecule has 14 nitrogen and oxygen atoms in total. The molecule has 12 unspecified atom stereocenters. The molecule has 1 amide bonds. The van der Waals surface area contributed by atoms with Gasteiger partial charge in [-0.05, 0) is 96.3 Å². The molecular weight excluding hydrogens is 979 g/mol. The quantitative estimate of drug-likeness (QED) is 0.0205. The minimum atomic E-state index is -1.80. The second-order valence-electron chi connectivity index (χ2n) is 19.7. The van der Waals surface area contributed by atoms with Crippen molar-refractivity contribution in [3.8, 4) is 0 Å². The van der Waals surface area contributed by atoms with Crippen LogP contribution in [0.3, 0.4) is 0 Å². The van der Waals surface area contributed by atoms with Crippen molar-refractivity contribution in [1.82, 2.24) is 5.32 Å². The van der Waals surface area contributed by atoms with Crippen molar-refractivity contribution in [2.75, 3.05) is 19.8 Å². The second-order valence-corrected chi connectivity index (χ2v) is 19.7. The molecule has 2 aliphatic heterocycles. The summed E-state index contributed by atoms with van der Waals surface area (Å²) in [6.07, 6.45) is 52.4. The first-order valence-corrected chi connectivity index (χ1v) is 28.9. The topological polar surface area (TPSA) is 228 Å². The van der Waals surface area contributed by atoms with E-state index in [0.29, 0.717) is 6.42 Å². The molecule has 0 aromatic carbocycles. The Hall–Kier alpha value is -3.87. The van der Waals surface area contributed by atoms with Crippen LogP contribution in [0, 0.1) is 0 Å². The SMILES string of the molecule is CC/C=C\C/C=C\C/C=C\C/C=C\C/C=C\C/C=C\C/C=C\C/C=C\C/C=C\C/C=C\CCCCCCC(=O)NC(COC1OC(CO)C(OC2OC(CO)C(O)C(O)C2O)C(O)C1O)C(O)/C=C/CCCCCCCC. The molecule has 2 rings (SSSR count). The van der Waals surface area contributed by atoms with E-state index in [1.807, 2.05) is 6.08 Å². The lowest BCUT2D eigenvalue weighted by Crippen LogP contribution is -2.65. The van der Waals surface area contributed by atoms with Gasteiger partial charge in [-0.2, -0.15) is 0 Å². The van der Waals surface area contributed by atoms with Crippen LogP contribution in [0.5, 0.6) is 0 Å². The number of aliphatic hydroxyl groups excluding tert-OH is 8. The number of aliphatic hydroxyl groups is 8. The molecule has 0 bridgehead atoms. The molecule has 77 heavy (non-hydrogen) atoms. The number of amides is 1. The molecule has 12 atom stereocenters. The number of unbranched alkanes of at least 4 members (excludes halogenated alkanes) is 10. The molecule has 0 aromatic heterocycles. The van der Waals surface area contributed by atoms with Gasteiger partial charge < -0.3 is 65.1 Å². The molecule has 0 aliphatic carbocycles. The molecule has 436 valence electrons. The van der Waals surface area contributed by atoms with Crippen molar-refractivity contribution >= 4 is 5.91 Å². The lowest BCUT2D eigenvalue weighted by Gasteiger charge is -2.46. The Kier molecular flexibility index (Phi) is 42.2. The molecule has 2 saturated heterocycles. The highest BCUT2D eigenvalue weighted by atomic mass is 16.7. The number of carbonyl (C=O) groups is 1.